The van der Waals surface area contributed by atoms with Crippen LogP contribution in [0.3, 0.4) is 0 Å². The number of rotatable bonds is 27. The van der Waals surface area contributed by atoms with E-state index in [0.29, 0.717) is 110 Å². The summed E-state index contributed by atoms with van der Waals surface area (Å²) in [5.41, 5.74) is 2.93. The Balaban J connectivity index is 0.675. The fraction of sp³-hybridized carbons (Fsp3) is 0.333. The summed E-state index contributed by atoms with van der Waals surface area (Å²) >= 11 is 1.12. The average molecular weight is 1150 g/mol. The van der Waals surface area contributed by atoms with Crippen molar-refractivity contribution in [2.45, 2.75) is 44.8 Å². The van der Waals surface area contributed by atoms with Crippen LogP contribution >= 0.6 is 11.3 Å². The van der Waals surface area contributed by atoms with Gasteiger partial charge in [-0.15, -0.1) is 11.3 Å². The standard InChI is InChI=1S/C57H58F3N9O12S/c1-34-46(54(75)68(65-34)40-7-4-3-5-8-40)48(47-35(2)66-69(55(47)76)56-63-43(33-82-56)36-15-17-39(18-16-36)57(58,59)60)37-11-13-38(14-12-37)50(71)62-22-24-78-26-28-80-30-32-81-31-29-79-27-25-77-23-21-61-42-10-6-9-41-49(42)53(74)67(52(41)73)44-19-20-45(70)64-51(44)72/h3-18,33,44,48,61,65-66H,19-32H2,1-2H3,(H,62,71)(H,64,70,72). The summed E-state index contributed by atoms with van der Waals surface area (Å²) in [5.74, 6) is -3.55. The van der Waals surface area contributed by atoms with E-state index in [1.165, 1.54) is 27.6 Å². The number of nitrogens with one attached hydrogen (secondary N) is 5. The molecule has 2 atom stereocenters. The van der Waals surface area contributed by atoms with Crippen molar-refractivity contribution in [1.82, 2.24) is 40.1 Å². The molecule has 0 bridgehead atoms. The van der Waals surface area contributed by atoms with Crippen LogP contribution in [-0.2, 0) is 39.4 Å². The lowest BCUT2D eigenvalue weighted by Gasteiger charge is -2.27. The molecule has 0 spiro atoms. The van der Waals surface area contributed by atoms with Crippen LogP contribution in [0.1, 0.15) is 83.5 Å². The van der Waals surface area contributed by atoms with Gasteiger partial charge in [-0.1, -0.05) is 48.5 Å². The summed E-state index contributed by atoms with van der Waals surface area (Å²) in [7, 11) is 0. The predicted octanol–water partition coefficient (Wildman–Crippen LogP) is 5.91. The average Bonchev–Trinajstić information content (AvgIpc) is 3.16. The molecule has 2 aliphatic rings. The van der Waals surface area contributed by atoms with Gasteiger partial charge in [-0.25, -0.2) is 9.67 Å². The molecule has 1 fully saturated rings. The maximum atomic E-state index is 14.5. The molecular weight excluding hydrogens is 1090 g/mol. The summed E-state index contributed by atoms with van der Waals surface area (Å²) in [4.78, 5) is 97.9. The van der Waals surface area contributed by atoms with Crippen molar-refractivity contribution in [3.63, 3.8) is 0 Å². The number of H-pyrrole nitrogens is 2. The van der Waals surface area contributed by atoms with Gasteiger partial charge in [-0.05, 0) is 74.4 Å². The number of alkyl halides is 3. The molecule has 0 aliphatic carbocycles. The van der Waals surface area contributed by atoms with E-state index in [2.05, 4.69) is 31.1 Å². The van der Waals surface area contributed by atoms with E-state index >= 15 is 0 Å². The molecule has 0 radical (unpaired) electrons. The van der Waals surface area contributed by atoms with Crippen molar-refractivity contribution in [2.75, 3.05) is 84.5 Å². The molecule has 25 heteroatoms. The van der Waals surface area contributed by atoms with Gasteiger partial charge in [0.25, 0.3) is 28.8 Å². The Morgan fingerprint density at radius 2 is 1.28 bits per heavy atom. The molecule has 1 saturated heterocycles. The van der Waals surface area contributed by atoms with E-state index in [4.69, 9.17) is 23.7 Å². The Bertz CT molecular complexity index is 3540. The first-order valence-corrected chi connectivity index (χ1v) is 27.2. The predicted molar refractivity (Wildman–Crippen MR) is 294 cm³/mol. The van der Waals surface area contributed by atoms with Crippen molar-refractivity contribution in [3.8, 4) is 22.1 Å². The first-order chi connectivity index (χ1) is 39.6. The Morgan fingerprint density at radius 3 is 1.89 bits per heavy atom. The number of benzene rings is 4. The highest BCUT2D eigenvalue weighted by Crippen LogP contribution is 2.36. The zero-order valence-corrected chi connectivity index (χ0v) is 45.4. The monoisotopic (exact) mass is 1150 g/mol. The second kappa shape index (κ2) is 26.5. The lowest BCUT2D eigenvalue weighted by atomic mass is 9.85. The lowest BCUT2D eigenvalue weighted by Crippen LogP contribution is -2.54. The topological polar surface area (TPSA) is 259 Å². The molecule has 430 valence electrons. The second-order valence-electron chi connectivity index (χ2n) is 19.0. The number of thiazole rings is 1. The number of amides is 5. The van der Waals surface area contributed by atoms with Gasteiger partial charge >= 0.3 is 6.18 Å². The van der Waals surface area contributed by atoms with Gasteiger partial charge in [-0.2, -0.15) is 17.9 Å². The molecule has 5 N–H and O–H groups in total. The molecule has 2 aliphatic heterocycles. The number of fused-ring (bicyclic) bond motifs is 1. The largest absolute Gasteiger partial charge is 0.416 e. The fourth-order valence-electron chi connectivity index (χ4n) is 9.57. The number of halogens is 3. The Kier molecular flexibility index (Phi) is 18.9. The fourth-order valence-corrected chi connectivity index (χ4v) is 10.4. The van der Waals surface area contributed by atoms with Crippen molar-refractivity contribution in [2.24, 2.45) is 0 Å². The number of imide groups is 2. The zero-order valence-electron chi connectivity index (χ0n) is 44.6. The smallest absolute Gasteiger partial charge is 0.382 e. The minimum Gasteiger partial charge on any atom is -0.382 e. The molecule has 9 rings (SSSR count). The number of nitrogens with zero attached hydrogens (tertiary/aromatic N) is 4. The first-order valence-electron chi connectivity index (χ1n) is 26.3. The maximum Gasteiger partial charge on any atom is 0.416 e. The number of hydrogen-bond acceptors (Lipinski definition) is 15. The third kappa shape index (κ3) is 13.4. The van der Waals surface area contributed by atoms with Crippen molar-refractivity contribution >= 4 is 46.6 Å². The van der Waals surface area contributed by atoms with Crippen molar-refractivity contribution in [1.29, 1.82) is 0 Å². The highest BCUT2D eigenvalue weighted by Gasteiger charge is 2.45. The van der Waals surface area contributed by atoms with Crippen LogP contribution in [0.25, 0.3) is 22.1 Å². The zero-order chi connectivity index (χ0) is 57.9. The van der Waals surface area contributed by atoms with Gasteiger partial charge in [0.2, 0.25) is 16.9 Å². The number of carbonyl (C=O) groups excluding carboxylic acids is 5. The third-order valence-electron chi connectivity index (χ3n) is 13.6. The quantitative estimate of drug-likeness (QED) is 0.0296. The van der Waals surface area contributed by atoms with Crippen LogP contribution in [0.15, 0.2) is 112 Å². The maximum absolute atomic E-state index is 14.5. The van der Waals surface area contributed by atoms with Gasteiger partial charge in [0.15, 0.2) is 0 Å². The lowest BCUT2D eigenvalue weighted by molar-refractivity contribution is -0.138. The molecule has 21 nitrogen and oxygen atoms in total. The number of ether oxygens (including phenoxy) is 5. The van der Waals surface area contributed by atoms with E-state index < -0.39 is 52.9 Å². The number of aromatic amines is 2. The number of anilines is 1. The van der Waals surface area contributed by atoms with Crippen LogP contribution in [0.4, 0.5) is 18.9 Å². The summed E-state index contributed by atoms with van der Waals surface area (Å²) in [5, 5.41) is 16.3. The van der Waals surface area contributed by atoms with E-state index in [1.807, 2.05) is 6.07 Å². The summed E-state index contributed by atoms with van der Waals surface area (Å²) in [6.07, 6.45) is -4.39. The van der Waals surface area contributed by atoms with Gasteiger partial charge in [0, 0.05) is 59.0 Å². The number of hydrogen-bond donors (Lipinski definition) is 5. The molecule has 2 unspecified atom stereocenters. The minimum atomic E-state index is -4.50. The Hall–Kier alpha value is -8.33. The molecule has 4 aromatic carbocycles. The molecular formula is C57H58F3N9O12S. The highest BCUT2D eigenvalue weighted by atomic mass is 32.1. The molecule has 7 aromatic rings. The summed E-state index contributed by atoms with van der Waals surface area (Å²) < 4.78 is 70.3. The van der Waals surface area contributed by atoms with Gasteiger partial charge in [-0.3, -0.25) is 54.0 Å². The van der Waals surface area contributed by atoms with Crippen LogP contribution in [0, 0.1) is 13.8 Å². The van der Waals surface area contributed by atoms with E-state index in [1.54, 1.807) is 79.9 Å². The third-order valence-corrected chi connectivity index (χ3v) is 14.4. The number of aromatic nitrogens is 5. The summed E-state index contributed by atoms with van der Waals surface area (Å²) in [6.45, 7) is 7.11. The normalized spacial score (nSPS) is 14.8. The van der Waals surface area contributed by atoms with Crippen LogP contribution in [-0.4, -0.2) is 144 Å². The van der Waals surface area contributed by atoms with Crippen LogP contribution in [0.5, 0.6) is 0 Å². The second-order valence-corrected chi connectivity index (χ2v) is 19.8. The van der Waals surface area contributed by atoms with Crippen LogP contribution in [0.2, 0.25) is 0 Å². The van der Waals surface area contributed by atoms with Gasteiger partial charge in [0.1, 0.15) is 6.04 Å². The Morgan fingerprint density at radius 1 is 0.695 bits per heavy atom. The SMILES string of the molecule is Cc1[nH]n(-c2ccccc2)c(=O)c1C(c1ccc(C(=O)NCCOCCOCCOCCOCCOCCNc2cccc3c2C(=O)N(C2CCC(=O)NC2=O)C3=O)cc1)c1c(C)[nH]n(-c2nc(-c3ccc(C(F)(F)F)cc3)cs2)c1=O. The number of carbonyl (C=O) groups is 5. The minimum absolute atomic E-state index is 0.0380. The highest BCUT2D eigenvalue weighted by molar-refractivity contribution is 7.12. The van der Waals surface area contributed by atoms with Crippen molar-refractivity contribution in [3.05, 3.63) is 173 Å². The number of aryl methyl sites for hydroxylation is 2. The molecule has 5 heterocycles. The molecule has 3 aromatic heterocycles. The van der Waals surface area contributed by atoms with Gasteiger partial charge < -0.3 is 34.3 Å². The number of para-hydroxylation sites is 1. The summed E-state index contributed by atoms with van der Waals surface area (Å²) in [6, 6.07) is 24.0. The van der Waals surface area contributed by atoms with Gasteiger partial charge in [0.05, 0.1) is 105 Å². The molecule has 82 heavy (non-hydrogen) atoms. The number of piperidine rings is 1. The van der Waals surface area contributed by atoms with E-state index in [0.717, 1.165) is 28.4 Å². The van der Waals surface area contributed by atoms with E-state index in [9.17, 15) is 46.7 Å². The Labute approximate surface area is 470 Å². The van der Waals surface area contributed by atoms with Crippen molar-refractivity contribution < 1.29 is 60.8 Å². The molecule has 0 saturated carbocycles. The van der Waals surface area contributed by atoms with E-state index in [-0.39, 0.29) is 65.9 Å². The molecule has 5 amide bonds. The van der Waals surface area contributed by atoms with Crippen LogP contribution < -0.4 is 27.1 Å². The first kappa shape index (κ1) is 58.3.